The monoisotopic (exact) mass is 389 g/mol. The molecule has 2 heterocycles. The van der Waals surface area contributed by atoms with Crippen molar-refractivity contribution in [2.75, 3.05) is 0 Å². The van der Waals surface area contributed by atoms with Gasteiger partial charge in [0, 0.05) is 17.0 Å². The number of carbonyl (C=O) groups excluding carboxylic acids is 2. The number of aliphatic hydroxyl groups is 1. The van der Waals surface area contributed by atoms with Crippen LogP contribution in [0.2, 0.25) is 0 Å². The van der Waals surface area contributed by atoms with Gasteiger partial charge in [0.05, 0.1) is 11.6 Å². The maximum atomic E-state index is 12.9. The number of hydrogen-bond acceptors (Lipinski definition) is 4. The van der Waals surface area contributed by atoms with Crippen molar-refractivity contribution in [3.8, 4) is 0 Å². The zero-order valence-electron chi connectivity index (χ0n) is 15.3. The Labute approximate surface area is 167 Å². The second-order valence-electron chi connectivity index (χ2n) is 6.79. The van der Waals surface area contributed by atoms with E-state index in [1.165, 1.54) is 11.3 Å². The first-order valence-electron chi connectivity index (χ1n) is 8.99. The van der Waals surface area contributed by atoms with Gasteiger partial charge in [-0.3, -0.25) is 9.59 Å². The average molecular weight is 389 g/mol. The van der Waals surface area contributed by atoms with Crippen molar-refractivity contribution in [1.29, 1.82) is 0 Å². The highest BCUT2D eigenvalue weighted by Gasteiger charge is 2.46. The number of rotatable bonds is 4. The molecule has 28 heavy (non-hydrogen) atoms. The lowest BCUT2D eigenvalue weighted by atomic mass is 9.99. The smallest absolute Gasteiger partial charge is 0.295 e. The molecular weight excluding hydrogens is 370 g/mol. The standard InChI is InChI=1S/C23H19NO3S/c1-15-9-11-17(12-10-15)21(25)19-20(18-8-5-13-28-18)24(23(27)22(19)26)14-16-6-3-2-4-7-16/h2-13,20,25H,14H2,1H3. The third-order valence-electron chi connectivity index (χ3n) is 4.87. The molecule has 1 saturated heterocycles. The van der Waals surface area contributed by atoms with Crippen LogP contribution in [-0.2, 0) is 16.1 Å². The Kier molecular flexibility index (Phi) is 4.84. The topological polar surface area (TPSA) is 57.6 Å². The van der Waals surface area contributed by atoms with Crippen molar-refractivity contribution >= 4 is 28.8 Å². The Balaban J connectivity index is 1.83. The summed E-state index contributed by atoms with van der Waals surface area (Å²) in [7, 11) is 0. The Morgan fingerprint density at radius 3 is 2.36 bits per heavy atom. The van der Waals surface area contributed by atoms with E-state index in [0.717, 1.165) is 16.0 Å². The number of hydrogen-bond donors (Lipinski definition) is 1. The number of ketones is 1. The molecule has 1 aliphatic heterocycles. The number of nitrogens with zero attached hydrogens (tertiary/aromatic N) is 1. The molecule has 4 nitrogen and oxygen atoms in total. The SMILES string of the molecule is Cc1ccc(C(O)=C2C(=O)C(=O)N(Cc3ccccc3)C2c2cccs2)cc1. The summed E-state index contributed by atoms with van der Waals surface area (Å²) in [6.07, 6.45) is 0. The van der Waals surface area contributed by atoms with E-state index in [2.05, 4.69) is 0 Å². The van der Waals surface area contributed by atoms with Crippen LogP contribution in [0.1, 0.15) is 27.6 Å². The van der Waals surface area contributed by atoms with E-state index in [1.54, 1.807) is 17.0 Å². The lowest BCUT2D eigenvalue weighted by molar-refractivity contribution is -0.140. The van der Waals surface area contributed by atoms with Gasteiger partial charge in [-0.1, -0.05) is 66.2 Å². The highest BCUT2D eigenvalue weighted by atomic mass is 32.1. The van der Waals surface area contributed by atoms with Gasteiger partial charge in [0.2, 0.25) is 0 Å². The van der Waals surface area contributed by atoms with Gasteiger partial charge in [-0.15, -0.1) is 11.3 Å². The number of aryl methyl sites for hydroxylation is 1. The molecule has 0 saturated carbocycles. The van der Waals surface area contributed by atoms with Crippen molar-refractivity contribution in [2.24, 2.45) is 0 Å². The fraction of sp³-hybridized carbons (Fsp3) is 0.130. The summed E-state index contributed by atoms with van der Waals surface area (Å²) in [5.41, 5.74) is 2.66. The summed E-state index contributed by atoms with van der Waals surface area (Å²) in [6, 6.07) is 20.0. The predicted molar refractivity (Wildman–Crippen MR) is 110 cm³/mol. The maximum absolute atomic E-state index is 12.9. The number of likely N-dealkylation sites (tertiary alicyclic amines) is 1. The van der Waals surface area contributed by atoms with Crippen molar-refractivity contribution in [3.63, 3.8) is 0 Å². The molecule has 1 amide bonds. The van der Waals surface area contributed by atoms with Crippen LogP contribution in [0.4, 0.5) is 0 Å². The zero-order chi connectivity index (χ0) is 19.7. The molecule has 0 spiro atoms. The second-order valence-corrected chi connectivity index (χ2v) is 7.77. The van der Waals surface area contributed by atoms with Crippen LogP contribution in [0.5, 0.6) is 0 Å². The largest absolute Gasteiger partial charge is 0.507 e. The first-order chi connectivity index (χ1) is 13.6. The number of benzene rings is 2. The molecule has 0 aliphatic carbocycles. The van der Waals surface area contributed by atoms with Crippen LogP contribution in [0.3, 0.4) is 0 Å². The summed E-state index contributed by atoms with van der Waals surface area (Å²) in [5, 5.41) is 12.8. The quantitative estimate of drug-likeness (QED) is 0.400. The zero-order valence-corrected chi connectivity index (χ0v) is 16.1. The van der Waals surface area contributed by atoms with Gasteiger partial charge in [-0.2, -0.15) is 0 Å². The summed E-state index contributed by atoms with van der Waals surface area (Å²) in [5.74, 6) is -1.37. The fourth-order valence-corrected chi connectivity index (χ4v) is 4.28. The first-order valence-corrected chi connectivity index (χ1v) is 9.87. The molecule has 1 atom stereocenters. The Morgan fingerprint density at radius 2 is 1.71 bits per heavy atom. The lowest BCUT2D eigenvalue weighted by Crippen LogP contribution is -2.28. The number of thiophene rings is 1. The van der Waals surface area contributed by atoms with Gasteiger partial charge in [0.15, 0.2) is 0 Å². The van der Waals surface area contributed by atoms with Crippen LogP contribution in [0, 0.1) is 6.92 Å². The maximum Gasteiger partial charge on any atom is 0.295 e. The van der Waals surface area contributed by atoms with Crippen LogP contribution in [0.25, 0.3) is 5.76 Å². The predicted octanol–water partition coefficient (Wildman–Crippen LogP) is 4.68. The summed E-state index contributed by atoms with van der Waals surface area (Å²) >= 11 is 1.47. The van der Waals surface area contributed by atoms with Crippen LogP contribution in [0.15, 0.2) is 77.7 Å². The van der Waals surface area contributed by atoms with Gasteiger partial charge < -0.3 is 10.0 Å². The second kappa shape index (κ2) is 7.44. The molecule has 1 fully saturated rings. The Morgan fingerprint density at radius 1 is 1.00 bits per heavy atom. The Hall–Kier alpha value is -3.18. The molecule has 3 aromatic rings. The van der Waals surface area contributed by atoms with E-state index >= 15 is 0 Å². The van der Waals surface area contributed by atoms with Gasteiger partial charge in [0.1, 0.15) is 5.76 Å². The van der Waals surface area contributed by atoms with Gasteiger partial charge >= 0.3 is 0 Å². The number of amides is 1. The Bertz CT molecular complexity index is 1040. The van der Waals surface area contributed by atoms with E-state index in [0.29, 0.717) is 12.1 Å². The highest BCUT2D eigenvalue weighted by Crippen LogP contribution is 2.41. The molecule has 1 N–H and O–H groups in total. The molecule has 1 aromatic heterocycles. The average Bonchev–Trinajstić information content (AvgIpc) is 3.32. The molecule has 1 unspecified atom stereocenters. The van der Waals surface area contributed by atoms with Gasteiger partial charge in [-0.25, -0.2) is 0 Å². The summed E-state index contributed by atoms with van der Waals surface area (Å²) in [4.78, 5) is 28.1. The lowest BCUT2D eigenvalue weighted by Gasteiger charge is -2.24. The van der Waals surface area contributed by atoms with Gasteiger partial charge in [0.25, 0.3) is 11.7 Å². The number of aliphatic hydroxyl groups excluding tert-OH is 1. The minimum Gasteiger partial charge on any atom is -0.507 e. The van der Waals surface area contributed by atoms with Crippen LogP contribution >= 0.6 is 11.3 Å². The van der Waals surface area contributed by atoms with Crippen molar-refractivity contribution in [2.45, 2.75) is 19.5 Å². The molecule has 0 radical (unpaired) electrons. The molecule has 0 bridgehead atoms. The van der Waals surface area contributed by atoms with E-state index in [9.17, 15) is 14.7 Å². The molecule has 2 aromatic carbocycles. The van der Waals surface area contributed by atoms with Crippen LogP contribution < -0.4 is 0 Å². The van der Waals surface area contributed by atoms with E-state index in [1.807, 2.05) is 66.9 Å². The van der Waals surface area contributed by atoms with E-state index < -0.39 is 17.7 Å². The summed E-state index contributed by atoms with van der Waals surface area (Å²) < 4.78 is 0. The molecular formula is C23H19NO3S. The molecule has 1 aliphatic rings. The minimum absolute atomic E-state index is 0.132. The van der Waals surface area contributed by atoms with E-state index in [4.69, 9.17) is 0 Å². The molecule has 4 rings (SSSR count). The number of Topliss-reactive ketones (excluding diaryl/α,β-unsaturated/α-hetero) is 1. The third-order valence-corrected chi connectivity index (χ3v) is 5.80. The van der Waals surface area contributed by atoms with E-state index in [-0.39, 0.29) is 11.3 Å². The fourth-order valence-electron chi connectivity index (χ4n) is 3.43. The first kappa shape index (κ1) is 18.2. The van der Waals surface area contributed by atoms with Crippen molar-refractivity contribution in [3.05, 3.63) is 99.3 Å². The molecule has 5 heteroatoms. The normalized spacial score (nSPS) is 18.6. The minimum atomic E-state index is -0.646. The molecule has 140 valence electrons. The van der Waals surface area contributed by atoms with Gasteiger partial charge in [-0.05, 0) is 23.9 Å². The number of carbonyl (C=O) groups is 2. The summed E-state index contributed by atoms with van der Waals surface area (Å²) in [6.45, 7) is 2.26. The van der Waals surface area contributed by atoms with Crippen molar-refractivity contribution < 1.29 is 14.7 Å². The van der Waals surface area contributed by atoms with Crippen molar-refractivity contribution in [1.82, 2.24) is 4.90 Å². The highest BCUT2D eigenvalue weighted by molar-refractivity contribution is 7.10. The third kappa shape index (κ3) is 3.25. The van der Waals surface area contributed by atoms with Crippen LogP contribution in [-0.4, -0.2) is 21.7 Å².